The second-order valence-electron chi connectivity index (χ2n) is 4.86. The van der Waals surface area contributed by atoms with E-state index in [0.29, 0.717) is 5.82 Å². The van der Waals surface area contributed by atoms with E-state index in [9.17, 15) is 0 Å². The summed E-state index contributed by atoms with van der Waals surface area (Å²) in [7, 11) is 0. The third-order valence-electron chi connectivity index (χ3n) is 3.51. The lowest BCUT2D eigenvalue weighted by molar-refractivity contribution is 0.103. The van der Waals surface area contributed by atoms with Gasteiger partial charge in [-0.1, -0.05) is 10.3 Å². The van der Waals surface area contributed by atoms with Crippen molar-refractivity contribution in [2.24, 2.45) is 5.10 Å². The van der Waals surface area contributed by atoms with Gasteiger partial charge in [-0.25, -0.2) is 4.63 Å². The Morgan fingerprint density at radius 2 is 2.16 bits per heavy atom. The Bertz CT molecular complexity index is 942. The van der Waals surface area contributed by atoms with Crippen molar-refractivity contribution < 1.29 is 18.4 Å². The second-order valence-corrected chi connectivity index (χ2v) is 4.86. The molecular formula is C12H7N9O4. The quantitative estimate of drug-likeness (QED) is 0.542. The summed E-state index contributed by atoms with van der Waals surface area (Å²) in [5, 5.41) is 24.7. The molecule has 0 radical (unpaired) electrons. The minimum Gasteiger partial charge on any atom is -0.432 e. The molecule has 1 atom stereocenters. The lowest BCUT2D eigenvalue weighted by Crippen LogP contribution is -2.44. The van der Waals surface area contributed by atoms with Crippen LogP contribution in [0.2, 0.25) is 0 Å². The van der Waals surface area contributed by atoms with Crippen molar-refractivity contribution in [2.75, 3.05) is 5.01 Å². The maximum Gasteiger partial charge on any atom is 0.301 e. The van der Waals surface area contributed by atoms with Crippen LogP contribution >= 0.6 is 0 Å². The first-order chi connectivity index (χ1) is 12.4. The van der Waals surface area contributed by atoms with Gasteiger partial charge in [0.1, 0.15) is 12.0 Å². The number of ether oxygens (including phenoxy) is 1. The first-order valence-corrected chi connectivity index (χ1v) is 6.91. The number of H-pyrrole nitrogens is 1. The third kappa shape index (κ3) is 1.85. The number of nitrogens with zero attached hydrogens (tertiary/aromatic N) is 8. The van der Waals surface area contributed by atoms with Gasteiger partial charge in [0.25, 0.3) is 11.7 Å². The fraction of sp³-hybridized carbons (Fsp3) is 0.0833. The number of anilines is 1. The normalized spacial score (nSPS) is 19.8. The zero-order valence-corrected chi connectivity index (χ0v) is 12.2. The number of aromatic amines is 1. The van der Waals surface area contributed by atoms with Crippen molar-refractivity contribution >= 4 is 11.7 Å². The van der Waals surface area contributed by atoms with Crippen LogP contribution in [-0.4, -0.2) is 41.7 Å². The smallest absolute Gasteiger partial charge is 0.301 e. The molecule has 0 bridgehead atoms. The Balaban J connectivity index is 1.74. The van der Waals surface area contributed by atoms with Crippen LogP contribution in [0.3, 0.4) is 0 Å². The predicted octanol–water partition coefficient (Wildman–Crippen LogP) is 0.263. The highest BCUT2D eigenvalue weighted by Gasteiger charge is 2.55. The average molecular weight is 341 g/mol. The Morgan fingerprint density at radius 1 is 1.16 bits per heavy atom. The molecule has 4 aromatic rings. The fourth-order valence-corrected chi connectivity index (χ4v) is 2.48. The number of hydrogen-bond donors (Lipinski definition) is 1. The summed E-state index contributed by atoms with van der Waals surface area (Å²) in [6.45, 7) is 0. The van der Waals surface area contributed by atoms with E-state index < -0.39 is 5.72 Å². The van der Waals surface area contributed by atoms with E-state index in [4.69, 9.17) is 18.4 Å². The lowest BCUT2D eigenvalue weighted by Gasteiger charge is -2.30. The molecule has 5 rings (SSSR count). The highest BCUT2D eigenvalue weighted by molar-refractivity contribution is 5.93. The maximum atomic E-state index is 6.06. The number of hydrogen-bond acceptors (Lipinski definition) is 12. The van der Waals surface area contributed by atoms with Crippen LogP contribution in [0.1, 0.15) is 17.2 Å². The van der Waals surface area contributed by atoms with Gasteiger partial charge >= 0.3 is 5.72 Å². The molecule has 124 valence electrons. The molecule has 0 saturated heterocycles. The summed E-state index contributed by atoms with van der Waals surface area (Å²) >= 11 is 0. The summed E-state index contributed by atoms with van der Waals surface area (Å²) in [5.74, 6) is 0.796. The van der Waals surface area contributed by atoms with Crippen molar-refractivity contribution in [3.63, 3.8) is 0 Å². The molecule has 25 heavy (non-hydrogen) atoms. The first kappa shape index (κ1) is 13.4. The molecule has 13 heteroatoms. The highest BCUT2D eigenvalue weighted by Crippen LogP contribution is 2.42. The van der Waals surface area contributed by atoms with Crippen molar-refractivity contribution in [3.8, 4) is 0 Å². The van der Waals surface area contributed by atoms with Gasteiger partial charge in [-0.3, -0.25) is 0 Å². The SMILES string of the molecule is c1c[nH]c(N2N=C(c3ncon3)OC2(c2conn2)c2cnon2)c1. The van der Waals surface area contributed by atoms with Crippen molar-refractivity contribution in [2.45, 2.75) is 5.72 Å². The van der Waals surface area contributed by atoms with Crippen LogP contribution < -0.4 is 5.01 Å². The van der Waals surface area contributed by atoms with Gasteiger partial charge in [0.2, 0.25) is 6.39 Å². The van der Waals surface area contributed by atoms with E-state index in [-0.39, 0.29) is 23.1 Å². The third-order valence-corrected chi connectivity index (χ3v) is 3.51. The van der Waals surface area contributed by atoms with E-state index in [0.717, 1.165) is 6.39 Å². The average Bonchev–Trinajstić information content (AvgIpc) is 3.49. The zero-order valence-electron chi connectivity index (χ0n) is 12.2. The highest BCUT2D eigenvalue weighted by atomic mass is 16.6. The fourth-order valence-electron chi connectivity index (χ4n) is 2.48. The molecule has 1 aliphatic rings. The maximum absolute atomic E-state index is 6.06. The van der Waals surface area contributed by atoms with Crippen molar-refractivity contribution in [3.05, 3.63) is 54.4 Å². The molecule has 1 unspecified atom stereocenters. The van der Waals surface area contributed by atoms with Crippen molar-refractivity contribution in [1.29, 1.82) is 0 Å². The summed E-state index contributed by atoms with van der Waals surface area (Å²) < 4.78 is 20.5. The minimum atomic E-state index is -1.49. The van der Waals surface area contributed by atoms with Gasteiger partial charge in [0.15, 0.2) is 17.7 Å². The van der Waals surface area contributed by atoms with Gasteiger partial charge < -0.3 is 18.8 Å². The van der Waals surface area contributed by atoms with E-state index in [2.05, 4.69) is 40.9 Å². The molecule has 1 N–H and O–H groups in total. The molecule has 0 amide bonds. The summed E-state index contributed by atoms with van der Waals surface area (Å²) in [5.41, 5.74) is -0.957. The number of hydrazone groups is 1. The Morgan fingerprint density at radius 3 is 2.84 bits per heavy atom. The monoisotopic (exact) mass is 341 g/mol. The molecule has 0 saturated carbocycles. The van der Waals surface area contributed by atoms with Gasteiger partial charge in [0.05, 0.1) is 0 Å². The first-order valence-electron chi connectivity index (χ1n) is 6.91. The van der Waals surface area contributed by atoms with Crippen LogP contribution in [0.25, 0.3) is 0 Å². The predicted molar refractivity (Wildman–Crippen MR) is 74.6 cm³/mol. The number of aromatic nitrogens is 7. The van der Waals surface area contributed by atoms with Gasteiger partial charge in [-0.15, -0.1) is 10.2 Å². The van der Waals surface area contributed by atoms with Crippen LogP contribution in [0, 0.1) is 0 Å². The minimum absolute atomic E-state index is 0.0781. The molecule has 0 aliphatic carbocycles. The molecule has 5 heterocycles. The number of rotatable bonds is 4. The van der Waals surface area contributed by atoms with E-state index in [1.54, 1.807) is 18.3 Å². The van der Waals surface area contributed by atoms with Crippen LogP contribution in [0.5, 0.6) is 0 Å². The molecule has 0 fully saturated rings. The zero-order chi connectivity index (χ0) is 16.7. The summed E-state index contributed by atoms with van der Waals surface area (Å²) in [4.78, 5) is 6.99. The van der Waals surface area contributed by atoms with Gasteiger partial charge in [0, 0.05) is 11.5 Å². The Hall–Kier alpha value is -4.03. The molecule has 0 aromatic carbocycles. The standard InChI is InChI=1S/C12H7N9O4/c1-2-9(13-3-1)21-12(7-4-15-25-18-7,8-5-22-20-16-8)24-11(17-21)10-14-6-23-19-10/h1-6,13H. The second kappa shape index (κ2) is 4.98. The molecule has 4 aromatic heterocycles. The van der Waals surface area contributed by atoms with Gasteiger partial charge in [-0.05, 0) is 17.3 Å². The molecule has 13 nitrogen and oxygen atoms in total. The van der Waals surface area contributed by atoms with E-state index in [1.807, 2.05) is 0 Å². The molecular weight excluding hydrogens is 334 g/mol. The van der Waals surface area contributed by atoms with Crippen LogP contribution in [0.15, 0.2) is 56.0 Å². The van der Waals surface area contributed by atoms with Crippen LogP contribution in [0.4, 0.5) is 5.82 Å². The van der Waals surface area contributed by atoms with Crippen LogP contribution in [-0.2, 0) is 10.5 Å². The number of nitrogens with one attached hydrogen (secondary N) is 1. The summed E-state index contributed by atoms with van der Waals surface area (Å²) in [6.07, 6.45) is 5.57. The van der Waals surface area contributed by atoms with Crippen molar-refractivity contribution in [1.82, 2.24) is 35.8 Å². The topological polar surface area (TPSA) is 157 Å². The van der Waals surface area contributed by atoms with E-state index in [1.165, 1.54) is 17.5 Å². The Labute approximate surface area is 137 Å². The van der Waals surface area contributed by atoms with E-state index >= 15 is 0 Å². The lowest BCUT2D eigenvalue weighted by atomic mass is 10.1. The molecule has 0 spiro atoms. The van der Waals surface area contributed by atoms with Gasteiger partial charge in [-0.2, -0.15) is 9.99 Å². The molecule has 1 aliphatic heterocycles. The Kier molecular flexibility index (Phi) is 2.67. The largest absolute Gasteiger partial charge is 0.432 e. The summed E-state index contributed by atoms with van der Waals surface area (Å²) in [6, 6.07) is 3.58.